The first-order valence-corrected chi connectivity index (χ1v) is 5.14. The Balaban J connectivity index is 2.64. The van der Waals surface area contributed by atoms with Crippen LogP contribution in [0.5, 0.6) is 0 Å². The van der Waals surface area contributed by atoms with Crippen molar-refractivity contribution in [3.8, 4) is 0 Å². The zero-order valence-electron chi connectivity index (χ0n) is 9.77. The molecule has 0 unspecified atom stereocenters. The highest BCUT2D eigenvalue weighted by Crippen LogP contribution is 2.06. The number of aromatic carboxylic acids is 1. The number of ether oxygens (including phenoxy) is 1. The summed E-state index contributed by atoms with van der Waals surface area (Å²) in [5, 5.41) is 8.69. The SMILES string of the molecule is CC(C)=CCOC(=O)c1ccc(C(=O)O)cc1. The van der Waals surface area contributed by atoms with Gasteiger partial charge in [-0.05, 0) is 44.2 Å². The van der Waals surface area contributed by atoms with E-state index in [4.69, 9.17) is 9.84 Å². The number of hydrogen-bond donors (Lipinski definition) is 1. The quantitative estimate of drug-likeness (QED) is 0.642. The predicted octanol–water partition coefficient (Wildman–Crippen LogP) is 2.51. The van der Waals surface area contributed by atoms with E-state index in [2.05, 4.69) is 0 Å². The van der Waals surface area contributed by atoms with Gasteiger partial charge in [0.15, 0.2) is 0 Å². The summed E-state index contributed by atoms with van der Waals surface area (Å²) in [6.07, 6.45) is 1.80. The molecule has 90 valence electrons. The predicted molar refractivity (Wildman–Crippen MR) is 63.1 cm³/mol. The molecule has 0 atom stereocenters. The fourth-order valence-corrected chi connectivity index (χ4v) is 1.12. The Kier molecular flexibility index (Phi) is 4.46. The molecular weight excluding hydrogens is 220 g/mol. The zero-order chi connectivity index (χ0) is 12.8. The van der Waals surface area contributed by atoms with E-state index in [1.807, 2.05) is 13.8 Å². The van der Waals surface area contributed by atoms with Crippen LogP contribution in [0.1, 0.15) is 34.6 Å². The Morgan fingerprint density at radius 3 is 2.18 bits per heavy atom. The number of carbonyl (C=O) groups is 2. The lowest BCUT2D eigenvalue weighted by atomic mass is 10.1. The van der Waals surface area contributed by atoms with Gasteiger partial charge < -0.3 is 9.84 Å². The lowest BCUT2D eigenvalue weighted by molar-refractivity contribution is 0.0547. The summed E-state index contributed by atoms with van der Waals surface area (Å²) in [4.78, 5) is 22.1. The Labute approximate surface area is 99.5 Å². The van der Waals surface area contributed by atoms with Crippen LogP contribution in [0.4, 0.5) is 0 Å². The van der Waals surface area contributed by atoms with E-state index >= 15 is 0 Å². The number of carbonyl (C=O) groups excluding carboxylic acids is 1. The van der Waals surface area contributed by atoms with Crippen LogP contribution in [-0.2, 0) is 4.74 Å². The summed E-state index contributed by atoms with van der Waals surface area (Å²) in [6, 6.07) is 5.63. The smallest absolute Gasteiger partial charge is 0.338 e. The Morgan fingerprint density at radius 2 is 1.71 bits per heavy atom. The van der Waals surface area contributed by atoms with Gasteiger partial charge in [0.2, 0.25) is 0 Å². The summed E-state index contributed by atoms with van der Waals surface area (Å²) in [7, 11) is 0. The molecule has 1 rings (SSSR count). The van der Waals surface area contributed by atoms with Crippen LogP contribution in [0.15, 0.2) is 35.9 Å². The van der Waals surface area contributed by atoms with Crippen molar-refractivity contribution in [1.82, 2.24) is 0 Å². The lowest BCUT2D eigenvalue weighted by Gasteiger charge is -2.02. The van der Waals surface area contributed by atoms with E-state index in [9.17, 15) is 9.59 Å². The highest BCUT2D eigenvalue weighted by Gasteiger charge is 2.08. The van der Waals surface area contributed by atoms with Gasteiger partial charge in [0.25, 0.3) is 0 Å². The number of carboxylic acids is 1. The first kappa shape index (κ1) is 13.0. The maximum absolute atomic E-state index is 11.5. The second kappa shape index (κ2) is 5.84. The number of hydrogen-bond acceptors (Lipinski definition) is 3. The molecule has 4 heteroatoms. The van der Waals surface area contributed by atoms with Gasteiger partial charge >= 0.3 is 11.9 Å². The van der Waals surface area contributed by atoms with Crippen LogP contribution in [0.3, 0.4) is 0 Å². The molecule has 0 saturated carbocycles. The van der Waals surface area contributed by atoms with Crippen LogP contribution in [0.25, 0.3) is 0 Å². The summed E-state index contributed by atoms with van der Waals surface area (Å²) in [6.45, 7) is 4.05. The van der Waals surface area contributed by atoms with Crippen molar-refractivity contribution in [2.45, 2.75) is 13.8 Å². The first-order chi connectivity index (χ1) is 8.00. The second-order valence-corrected chi connectivity index (χ2v) is 3.76. The molecule has 1 N–H and O–H groups in total. The highest BCUT2D eigenvalue weighted by molar-refractivity contribution is 5.92. The van der Waals surface area contributed by atoms with E-state index in [1.54, 1.807) is 6.08 Å². The van der Waals surface area contributed by atoms with Gasteiger partial charge in [-0.15, -0.1) is 0 Å². The molecule has 0 bridgehead atoms. The van der Waals surface area contributed by atoms with Crippen molar-refractivity contribution in [2.24, 2.45) is 0 Å². The van der Waals surface area contributed by atoms with E-state index in [-0.39, 0.29) is 12.2 Å². The van der Waals surface area contributed by atoms with Crippen molar-refractivity contribution in [3.05, 3.63) is 47.0 Å². The average molecular weight is 234 g/mol. The van der Waals surface area contributed by atoms with Crippen LogP contribution >= 0.6 is 0 Å². The summed E-state index contributed by atoms with van der Waals surface area (Å²) in [5.74, 6) is -1.48. The molecule has 1 aromatic rings. The number of esters is 1. The molecule has 0 spiro atoms. The Morgan fingerprint density at radius 1 is 1.18 bits per heavy atom. The van der Waals surface area contributed by atoms with E-state index in [0.717, 1.165) is 5.57 Å². The molecule has 0 aromatic heterocycles. The maximum atomic E-state index is 11.5. The van der Waals surface area contributed by atoms with Crippen molar-refractivity contribution >= 4 is 11.9 Å². The minimum absolute atomic E-state index is 0.144. The monoisotopic (exact) mass is 234 g/mol. The number of allylic oxidation sites excluding steroid dienone is 1. The number of rotatable bonds is 4. The molecule has 4 nitrogen and oxygen atoms in total. The number of benzene rings is 1. The molecule has 0 saturated heterocycles. The molecule has 0 fully saturated rings. The molecule has 0 amide bonds. The zero-order valence-corrected chi connectivity index (χ0v) is 9.77. The van der Waals surface area contributed by atoms with Gasteiger partial charge in [0.1, 0.15) is 6.61 Å². The van der Waals surface area contributed by atoms with Gasteiger partial charge in [-0.1, -0.05) is 5.57 Å². The molecule has 0 heterocycles. The van der Waals surface area contributed by atoms with Gasteiger partial charge in [-0.25, -0.2) is 9.59 Å². The molecule has 0 aliphatic heterocycles. The third kappa shape index (κ3) is 4.10. The average Bonchev–Trinajstić information content (AvgIpc) is 2.28. The normalized spacial score (nSPS) is 9.53. The molecule has 0 aliphatic carbocycles. The summed E-state index contributed by atoms with van der Waals surface area (Å²) < 4.78 is 4.98. The standard InChI is InChI=1S/C13H14O4/c1-9(2)7-8-17-13(16)11-5-3-10(4-6-11)12(14)15/h3-7H,8H2,1-2H3,(H,14,15). The molecule has 17 heavy (non-hydrogen) atoms. The third-order valence-corrected chi connectivity index (χ3v) is 2.07. The topological polar surface area (TPSA) is 63.6 Å². The fraction of sp³-hybridized carbons (Fsp3) is 0.231. The molecule has 0 radical (unpaired) electrons. The summed E-state index contributed by atoms with van der Waals surface area (Å²) >= 11 is 0. The molecular formula is C13H14O4. The Hall–Kier alpha value is -2.10. The van der Waals surface area contributed by atoms with E-state index < -0.39 is 11.9 Å². The van der Waals surface area contributed by atoms with Crippen molar-refractivity contribution in [2.75, 3.05) is 6.61 Å². The van der Waals surface area contributed by atoms with Crippen LogP contribution in [0, 0.1) is 0 Å². The fourth-order valence-electron chi connectivity index (χ4n) is 1.12. The third-order valence-electron chi connectivity index (χ3n) is 2.07. The number of carboxylic acid groups (broad SMARTS) is 1. The summed E-state index contributed by atoms with van der Waals surface area (Å²) in [5.41, 5.74) is 1.56. The van der Waals surface area contributed by atoms with Crippen molar-refractivity contribution in [1.29, 1.82) is 0 Å². The Bertz CT molecular complexity index is 439. The van der Waals surface area contributed by atoms with Gasteiger partial charge in [0.05, 0.1) is 11.1 Å². The van der Waals surface area contributed by atoms with Crippen molar-refractivity contribution in [3.63, 3.8) is 0 Å². The highest BCUT2D eigenvalue weighted by atomic mass is 16.5. The van der Waals surface area contributed by atoms with Gasteiger partial charge in [0, 0.05) is 0 Å². The van der Waals surface area contributed by atoms with E-state index in [1.165, 1.54) is 24.3 Å². The van der Waals surface area contributed by atoms with E-state index in [0.29, 0.717) is 5.56 Å². The lowest BCUT2D eigenvalue weighted by Crippen LogP contribution is -2.06. The van der Waals surface area contributed by atoms with Crippen molar-refractivity contribution < 1.29 is 19.4 Å². The maximum Gasteiger partial charge on any atom is 0.338 e. The molecule has 0 aliphatic rings. The van der Waals surface area contributed by atoms with Gasteiger partial charge in [-0.3, -0.25) is 0 Å². The minimum atomic E-state index is -1.02. The first-order valence-electron chi connectivity index (χ1n) is 5.14. The van der Waals surface area contributed by atoms with Crippen LogP contribution in [-0.4, -0.2) is 23.7 Å². The molecule has 1 aromatic carbocycles. The largest absolute Gasteiger partial charge is 0.478 e. The second-order valence-electron chi connectivity index (χ2n) is 3.76. The van der Waals surface area contributed by atoms with Crippen LogP contribution in [0.2, 0.25) is 0 Å². The van der Waals surface area contributed by atoms with Gasteiger partial charge in [-0.2, -0.15) is 0 Å². The minimum Gasteiger partial charge on any atom is -0.478 e. The van der Waals surface area contributed by atoms with Crippen LogP contribution < -0.4 is 0 Å².